The quantitative estimate of drug-likeness (QED) is 0.373. The maximum absolute atomic E-state index is 12.5. The number of fused-ring (bicyclic) bond motifs is 1. The summed E-state index contributed by atoms with van der Waals surface area (Å²) in [6.07, 6.45) is 3.20. The standard InChI is InChI=1S/C21H18N4O3S/c1-27-17-8-7-13(9-18(17)28-2)20-14(10-22-24-20)11-23-25-21(26)16-12-29-19-6-4-3-5-15(16)19/h3-12H,1-2H3,(H,22,24)(H,25,26)/b23-11-. The monoisotopic (exact) mass is 406 g/mol. The van der Waals surface area contributed by atoms with Crippen LogP contribution in [-0.2, 0) is 0 Å². The Hall–Kier alpha value is -3.65. The topological polar surface area (TPSA) is 88.6 Å². The zero-order valence-electron chi connectivity index (χ0n) is 15.8. The summed E-state index contributed by atoms with van der Waals surface area (Å²) in [5.74, 6) is 0.997. The molecule has 7 nitrogen and oxygen atoms in total. The minimum absolute atomic E-state index is 0.255. The van der Waals surface area contributed by atoms with Crippen LogP contribution < -0.4 is 14.9 Å². The molecule has 4 aromatic rings. The molecule has 0 aliphatic rings. The molecule has 0 fully saturated rings. The van der Waals surface area contributed by atoms with Crippen LogP contribution in [0.5, 0.6) is 11.5 Å². The largest absolute Gasteiger partial charge is 0.493 e. The Morgan fingerprint density at radius 1 is 1.17 bits per heavy atom. The molecule has 2 N–H and O–H groups in total. The maximum Gasteiger partial charge on any atom is 0.272 e. The highest BCUT2D eigenvalue weighted by Gasteiger charge is 2.12. The van der Waals surface area contributed by atoms with Gasteiger partial charge in [0, 0.05) is 26.6 Å². The molecule has 2 aromatic heterocycles. The van der Waals surface area contributed by atoms with Gasteiger partial charge in [-0.1, -0.05) is 18.2 Å². The fraction of sp³-hybridized carbons (Fsp3) is 0.0952. The van der Waals surface area contributed by atoms with E-state index in [0.29, 0.717) is 17.1 Å². The zero-order valence-corrected chi connectivity index (χ0v) is 16.6. The summed E-state index contributed by atoms with van der Waals surface area (Å²) in [6, 6.07) is 13.3. The maximum atomic E-state index is 12.5. The number of H-pyrrole nitrogens is 1. The molecule has 4 rings (SSSR count). The number of hydrogen-bond acceptors (Lipinski definition) is 6. The van der Waals surface area contributed by atoms with Crippen molar-refractivity contribution >= 4 is 33.5 Å². The van der Waals surface area contributed by atoms with Crippen LogP contribution >= 0.6 is 11.3 Å². The van der Waals surface area contributed by atoms with Gasteiger partial charge < -0.3 is 9.47 Å². The number of hydrogen-bond donors (Lipinski definition) is 2. The van der Waals surface area contributed by atoms with Gasteiger partial charge in [-0.05, 0) is 24.3 Å². The Bertz CT molecular complexity index is 1200. The van der Waals surface area contributed by atoms with Crippen LogP contribution in [0.2, 0.25) is 0 Å². The molecule has 2 aromatic carbocycles. The molecule has 146 valence electrons. The highest BCUT2D eigenvalue weighted by atomic mass is 32.1. The first kappa shape index (κ1) is 18.7. The summed E-state index contributed by atoms with van der Waals surface area (Å²) in [6.45, 7) is 0. The van der Waals surface area contributed by atoms with E-state index in [1.165, 1.54) is 11.3 Å². The highest BCUT2D eigenvalue weighted by Crippen LogP contribution is 2.32. The van der Waals surface area contributed by atoms with Gasteiger partial charge in [0.05, 0.1) is 37.9 Å². The third-order valence-corrected chi connectivity index (χ3v) is 5.40. The first-order valence-electron chi connectivity index (χ1n) is 8.76. The van der Waals surface area contributed by atoms with Crippen molar-refractivity contribution in [1.82, 2.24) is 15.6 Å². The predicted molar refractivity (Wildman–Crippen MR) is 114 cm³/mol. The molecule has 0 atom stereocenters. The van der Waals surface area contributed by atoms with Crippen LogP contribution in [0.1, 0.15) is 15.9 Å². The number of aromatic amines is 1. The number of nitrogens with zero attached hydrogens (tertiary/aromatic N) is 2. The molecular formula is C21H18N4O3S. The van der Waals surface area contributed by atoms with Gasteiger partial charge in [-0.15, -0.1) is 11.3 Å². The van der Waals surface area contributed by atoms with Crippen LogP contribution in [-0.4, -0.2) is 36.5 Å². The first-order valence-corrected chi connectivity index (χ1v) is 9.64. The van der Waals surface area contributed by atoms with E-state index in [4.69, 9.17) is 9.47 Å². The lowest BCUT2D eigenvalue weighted by molar-refractivity contribution is 0.0957. The average Bonchev–Trinajstić information content (AvgIpc) is 3.40. The summed E-state index contributed by atoms with van der Waals surface area (Å²) in [5.41, 5.74) is 5.53. The van der Waals surface area contributed by atoms with Gasteiger partial charge >= 0.3 is 0 Å². The van der Waals surface area contributed by atoms with E-state index in [2.05, 4.69) is 20.7 Å². The van der Waals surface area contributed by atoms with Gasteiger partial charge in [-0.3, -0.25) is 9.89 Å². The number of ether oxygens (including phenoxy) is 2. The van der Waals surface area contributed by atoms with Crippen molar-refractivity contribution in [3.05, 3.63) is 65.2 Å². The van der Waals surface area contributed by atoms with Crippen molar-refractivity contribution < 1.29 is 14.3 Å². The fourth-order valence-electron chi connectivity index (χ4n) is 2.99. The van der Waals surface area contributed by atoms with Crippen LogP contribution in [0, 0.1) is 0 Å². The summed E-state index contributed by atoms with van der Waals surface area (Å²) in [4.78, 5) is 12.5. The van der Waals surface area contributed by atoms with Crippen molar-refractivity contribution in [2.45, 2.75) is 0 Å². The van der Waals surface area contributed by atoms with Gasteiger partial charge in [0.25, 0.3) is 5.91 Å². The molecule has 0 unspecified atom stereocenters. The van der Waals surface area contributed by atoms with Crippen LogP contribution in [0.15, 0.2) is 59.1 Å². The third kappa shape index (κ3) is 3.70. The number of carbonyl (C=O) groups is 1. The number of methoxy groups -OCH3 is 2. The molecule has 0 saturated carbocycles. The highest BCUT2D eigenvalue weighted by molar-refractivity contribution is 7.17. The van der Waals surface area contributed by atoms with Crippen molar-refractivity contribution in [3.8, 4) is 22.8 Å². The number of thiophene rings is 1. The van der Waals surface area contributed by atoms with E-state index < -0.39 is 0 Å². The second-order valence-electron chi connectivity index (χ2n) is 6.11. The minimum atomic E-state index is -0.255. The third-order valence-electron chi connectivity index (χ3n) is 4.44. The molecular weight excluding hydrogens is 388 g/mol. The molecule has 0 aliphatic carbocycles. The summed E-state index contributed by atoms with van der Waals surface area (Å²) in [7, 11) is 3.17. The second kappa shape index (κ2) is 8.15. The Morgan fingerprint density at radius 2 is 2.00 bits per heavy atom. The number of benzene rings is 2. The van der Waals surface area contributed by atoms with E-state index in [1.54, 1.807) is 26.6 Å². The Balaban J connectivity index is 1.53. The summed E-state index contributed by atoms with van der Waals surface area (Å²) >= 11 is 1.53. The fourth-order valence-corrected chi connectivity index (χ4v) is 3.93. The number of carbonyl (C=O) groups excluding carboxylic acids is 1. The van der Waals surface area contributed by atoms with E-state index in [0.717, 1.165) is 26.9 Å². The Morgan fingerprint density at radius 3 is 2.83 bits per heavy atom. The van der Waals surface area contributed by atoms with Crippen molar-refractivity contribution in [2.75, 3.05) is 14.2 Å². The summed E-state index contributed by atoms with van der Waals surface area (Å²) in [5, 5.41) is 13.9. The second-order valence-corrected chi connectivity index (χ2v) is 7.03. The van der Waals surface area contributed by atoms with Gasteiger partial charge in [-0.2, -0.15) is 10.2 Å². The molecule has 0 saturated heterocycles. The molecule has 0 spiro atoms. The van der Waals surface area contributed by atoms with Gasteiger partial charge in [0.15, 0.2) is 11.5 Å². The number of rotatable bonds is 6. The number of hydrazone groups is 1. The molecule has 2 heterocycles. The van der Waals surface area contributed by atoms with E-state index in [1.807, 2.05) is 47.8 Å². The lowest BCUT2D eigenvalue weighted by atomic mass is 10.1. The molecule has 0 aliphatic heterocycles. The van der Waals surface area contributed by atoms with Gasteiger partial charge in [0.2, 0.25) is 0 Å². The minimum Gasteiger partial charge on any atom is -0.493 e. The lowest BCUT2D eigenvalue weighted by Gasteiger charge is -2.09. The van der Waals surface area contributed by atoms with Crippen LogP contribution in [0.25, 0.3) is 21.3 Å². The van der Waals surface area contributed by atoms with E-state index in [9.17, 15) is 4.79 Å². The normalized spacial score (nSPS) is 11.1. The van der Waals surface area contributed by atoms with Gasteiger partial charge in [-0.25, -0.2) is 5.43 Å². The van der Waals surface area contributed by atoms with E-state index >= 15 is 0 Å². The first-order chi connectivity index (χ1) is 14.2. The van der Waals surface area contributed by atoms with Crippen LogP contribution in [0.3, 0.4) is 0 Å². The van der Waals surface area contributed by atoms with E-state index in [-0.39, 0.29) is 5.91 Å². The summed E-state index contributed by atoms with van der Waals surface area (Å²) < 4.78 is 11.7. The predicted octanol–water partition coefficient (Wildman–Crippen LogP) is 4.07. The molecule has 29 heavy (non-hydrogen) atoms. The van der Waals surface area contributed by atoms with Gasteiger partial charge in [0.1, 0.15) is 0 Å². The molecule has 1 amide bonds. The number of nitrogens with one attached hydrogen (secondary N) is 2. The number of aromatic nitrogens is 2. The smallest absolute Gasteiger partial charge is 0.272 e. The zero-order chi connectivity index (χ0) is 20.2. The molecule has 0 bridgehead atoms. The SMILES string of the molecule is COc1ccc(-c2[nH]ncc2/C=N\NC(=O)c2csc3ccccc23)cc1OC. The Kier molecular flexibility index (Phi) is 5.26. The lowest BCUT2D eigenvalue weighted by Crippen LogP contribution is -2.17. The average molecular weight is 406 g/mol. The van der Waals surface area contributed by atoms with Crippen LogP contribution in [0.4, 0.5) is 0 Å². The van der Waals surface area contributed by atoms with Crippen molar-refractivity contribution in [1.29, 1.82) is 0 Å². The molecule has 8 heteroatoms. The Labute approximate surface area is 171 Å². The van der Waals surface area contributed by atoms with Crippen molar-refractivity contribution in [2.24, 2.45) is 5.10 Å². The number of amides is 1. The van der Waals surface area contributed by atoms with Crippen molar-refractivity contribution in [3.63, 3.8) is 0 Å². The molecule has 0 radical (unpaired) electrons.